The molecule has 37 heavy (non-hydrogen) atoms. The summed E-state index contributed by atoms with van der Waals surface area (Å²) >= 11 is 12.2. The highest BCUT2D eigenvalue weighted by Gasteiger charge is 2.62. The van der Waals surface area contributed by atoms with Gasteiger partial charge >= 0.3 is 5.97 Å². The summed E-state index contributed by atoms with van der Waals surface area (Å²) < 4.78 is 37.0. The van der Waals surface area contributed by atoms with E-state index in [1.165, 1.54) is 24.3 Å². The predicted molar refractivity (Wildman–Crippen MR) is 143 cm³/mol. The van der Waals surface area contributed by atoms with Gasteiger partial charge in [-0.3, -0.25) is 10.1 Å². The number of nitrogens with one attached hydrogen (secondary N) is 1. The lowest BCUT2D eigenvalue weighted by Crippen LogP contribution is -2.45. The van der Waals surface area contributed by atoms with Gasteiger partial charge in [-0.05, 0) is 56.4 Å². The monoisotopic (exact) mass is 550 g/mol. The molecule has 8 heteroatoms. The number of carbonyl (C=O) groups excluding carboxylic acids is 1. The van der Waals surface area contributed by atoms with E-state index in [9.17, 15) is 10.1 Å². The Morgan fingerprint density at radius 3 is 2.32 bits per heavy atom. The predicted octanol–water partition coefficient (Wildman–Crippen LogP) is 7.72. The highest BCUT2D eigenvalue weighted by molar-refractivity contribution is 6.31. The molecule has 3 rings (SSSR count). The van der Waals surface area contributed by atoms with Crippen LogP contribution < -0.4 is 5.32 Å². The molecular weight excluding hydrogens is 517 g/mol. The molecule has 0 bridgehead atoms. The summed E-state index contributed by atoms with van der Waals surface area (Å²) in [5.74, 6) is -3.24. The second-order valence-electron chi connectivity index (χ2n) is 11.2. The molecule has 2 aromatic rings. The fraction of sp³-hybridized carbons (Fsp3) is 0.517. The number of ether oxygens (including phenoxy) is 1. The van der Waals surface area contributed by atoms with E-state index < -0.39 is 46.6 Å². The van der Waals surface area contributed by atoms with E-state index in [1.54, 1.807) is 26.8 Å². The first-order chi connectivity index (χ1) is 17.2. The number of hydrogen-bond donors (Lipinski definition) is 1. The minimum absolute atomic E-state index is 0.0434. The third kappa shape index (κ3) is 5.65. The van der Waals surface area contributed by atoms with Crippen LogP contribution >= 0.6 is 23.2 Å². The van der Waals surface area contributed by atoms with Crippen LogP contribution in [0, 0.1) is 28.4 Å². The first-order valence-corrected chi connectivity index (χ1v) is 13.3. The van der Waals surface area contributed by atoms with E-state index in [2.05, 4.69) is 32.2 Å². The molecular formula is C29H34Cl2F2N2O2. The van der Waals surface area contributed by atoms with Gasteiger partial charge in [0.05, 0.1) is 11.1 Å². The van der Waals surface area contributed by atoms with Crippen molar-refractivity contribution in [3.05, 3.63) is 69.2 Å². The molecule has 0 amide bonds. The van der Waals surface area contributed by atoms with Gasteiger partial charge in [0.2, 0.25) is 0 Å². The zero-order valence-corrected chi connectivity index (χ0v) is 23.6. The van der Waals surface area contributed by atoms with Crippen LogP contribution in [-0.4, -0.2) is 23.7 Å². The van der Waals surface area contributed by atoms with E-state index in [0.717, 1.165) is 18.9 Å². The van der Waals surface area contributed by atoms with Gasteiger partial charge in [-0.15, -0.1) is 0 Å². The summed E-state index contributed by atoms with van der Waals surface area (Å²) in [5.41, 5.74) is -2.65. The molecule has 2 aromatic carbocycles. The second-order valence-corrected chi connectivity index (χ2v) is 12.0. The molecule has 1 aliphatic rings. The van der Waals surface area contributed by atoms with Crippen molar-refractivity contribution in [1.82, 2.24) is 5.32 Å². The molecule has 0 aliphatic carbocycles. The van der Waals surface area contributed by atoms with Crippen LogP contribution in [0.5, 0.6) is 0 Å². The van der Waals surface area contributed by atoms with E-state index in [0.29, 0.717) is 6.42 Å². The van der Waals surface area contributed by atoms with Crippen molar-refractivity contribution < 1.29 is 18.3 Å². The fourth-order valence-corrected chi connectivity index (χ4v) is 5.66. The highest BCUT2D eigenvalue weighted by atomic mass is 35.5. The first-order valence-electron chi connectivity index (χ1n) is 12.5. The molecule has 1 N–H and O–H groups in total. The van der Waals surface area contributed by atoms with Crippen molar-refractivity contribution in [3.8, 4) is 6.07 Å². The van der Waals surface area contributed by atoms with Crippen molar-refractivity contribution in [2.45, 2.75) is 89.8 Å². The average Bonchev–Trinajstić information content (AvgIpc) is 3.14. The minimum atomic E-state index is -1.67. The van der Waals surface area contributed by atoms with Crippen LogP contribution in [0.2, 0.25) is 10.0 Å². The van der Waals surface area contributed by atoms with Gasteiger partial charge in [0.1, 0.15) is 28.7 Å². The summed E-state index contributed by atoms with van der Waals surface area (Å²) in [6.07, 6.45) is 2.02. The average molecular weight is 552 g/mol. The standard InChI is InChI=1S/C29H34Cl2F2N2O2/c1-7-28(6,8-2)15-22-29(16-34,19-13-12-17(30)14-21(19)32)23(18-10-9-11-20(31)24(18)33)25(35-22)26(36)37-27(3,4)5/h9-14,22-23,25,35H,7-8,15H2,1-6H3. The number of carbonyl (C=O) groups is 1. The highest BCUT2D eigenvalue weighted by Crippen LogP contribution is 2.53. The Hall–Kier alpha value is -2.20. The Balaban J connectivity index is 2.38. The molecule has 0 saturated carbocycles. The van der Waals surface area contributed by atoms with Gasteiger partial charge in [0.15, 0.2) is 0 Å². The zero-order chi connectivity index (χ0) is 27.8. The van der Waals surface area contributed by atoms with Crippen LogP contribution in [0.15, 0.2) is 36.4 Å². The maximum atomic E-state index is 15.7. The molecule has 1 heterocycles. The van der Waals surface area contributed by atoms with E-state index in [1.807, 2.05) is 0 Å². The lowest BCUT2D eigenvalue weighted by molar-refractivity contribution is -0.157. The minimum Gasteiger partial charge on any atom is -0.459 e. The number of benzene rings is 2. The zero-order valence-electron chi connectivity index (χ0n) is 22.1. The summed E-state index contributed by atoms with van der Waals surface area (Å²) in [7, 11) is 0. The number of nitriles is 1. The molecule has 0 radical (unpaired) electrons. The quantitative estimate of drug-likeness (QED) is 0.358. The molecule has 0 spiro atoms. The summed E-state index contributed by atoms with van der Waals surface area (Å²) in [5, 5.41) is 14.2. The van der Waals surface area contributed by atoms with Crippen molar-refractivity contribution in [2.24, 2.45) is 5.41 Å². The van der Waals surface area contributed by atoms with E-state index >= 15 is 8.78 Å². The molecule has 4 nitrogen and oxygen atoms in total. The molecule has 1 fully saturated rings. The van der Waals surface area contributed by atoms with Gasteiger partial charge in [0, 0.05) is 22.5 Å². The largest absolute Gasteiger partial charge is 0.459 e. The van der Waals surface area contributed by atoms with Crippen molar-refractivity contribution in [1.29, 1.82) is 5.26 Å². The van der Waals surface area contributed by atoms with Crippen LogP contribution in [0.1, 0.15) is 77.8 Å². The molecule has 4 atom stereocenters. The fourth-order valence-electron chi connectivity index (χ4n) is 5.32. The topological polar surface area (TPSA) is 62.1 Å². The Kier molecular flexibility index (Phi) is 8.64. The van der Waals surface area contributed by atoms with Crippen LogP contribution in [0.4, 0.5) is 8.78 Å². The normalized spacial score (nSPS) is 24.1. The van der Waals surface area contributed by atoms with Gasteiger partial charge in [0.25, 0.3) is 0 Å². The van der Waals surface area contributed by atoms with Gasteiger partial charge in [-0.25, -0.2) is 8.78 Å². The Bertz CT molecular complexity index is 1200. The van der Waals surface area contributed by atoms with Crippen LogP contribution in [0.25, 0.3) is 0 Å². The van der Waals surface area contributed by atoms with Crippen molar-refractivity contribution in [2.75, 3.05) is 0 Å². The van der Waals surface area contributed by atoms with Crippen molar-refractivity contribution >= 4 is 29.2 Å². The lowest BCUT2D eigenvalue weighted by atomic mass is 9.62. The third-order valence-electron chi connectivity index (χ3n) is 7.70. The van der Waals surface area contributed by atoms with Gasteiger partial charge in [-0.2, -0.15) is 5.26 Å². The van der Waals surface area contributed by atoms with Gasteiger partial charge < -0.3 is 4.74 Å². The lowest BCUT2D eigenvalue weighted by Gasteiger charge is -2.39. The Morgan fingerprint density at radius 1 is 1.14 bits per heavy atom. The smallest absolute Gasteiger partial charge is 0.324 e. The van der Waals surface area contributed by atoms with Crippen LogP contribution in [0.3, 0.4) is 0 Å². The third-order valence-corrected chi connectivity index (χ3v) is 8.22. The number of hydrogen-bond acceptors (Lipinski definition) is 4. The molecule has 0 aromatic heterocycles. The Labute approximate surface area is 228 Å². The molecule has 1 saturated heterocycles. The molecule has 1 aliphatic heterocycles. The van der Waals surface area contributed by atoms with Gasteiger partial charge in [-0.1, -0.05) is 75.0 Å². The maximum Gasteiger partial charge on any atom is 0.324 e. The number of rotatable bonds is 7. The first kappa shape index (κ1) is 29.4. The SMILES string of the molecule is CCC(C)(CC)CC1NC(C(=O)OC(C)(C)C)C(c2cccc(Cl)c2F)C1(C#N)c1ccc(Cl)cc1F. The van der Waals surface area contributed by atoms with E-state index in [4.69, 9.17) is 27.9 Å². The van der Waals surface area contributed by atoms with E-state index in [-0.39, 0.29) is 26.6 Å². The summed E-state index contributed by atoms with van der Waals surface area (Å²) in [6, 6.07) is 9.05. The number of halogens is 4. The maximum absolute atomic E-state index is 15.7. The number of nitrogens with zero attached hydrogens (tertiary/aromatic N) is 1. The Morgan fingerprint density at radius 2 is 1.78 bits per heavy atom. The second kappa shape index (κ2) is 10.9. The summed E-state index contributed by atoms with van der Waals surface area (Å²) in [4.78, 5) is 13.6. The van der Waals surface area contributed by atoms with Crippen LogP contribution in [-0.2, 0) is 14.9 Å². The molecule has 200 valence electrons. The number of esters is 1. The van der Waals surface area contributed by atoms with Crippen molar-refractivity contribution in [3.63, 3.8) is 0 Å². The molecule has 4 unspecified atom stereocenters. The summed E-state index contributed by atoms with van der Waals surface area (Å²) in [6.45, 7) is 11.4.